The van der Waals surface area contributed by atoms with Crippen LogP contribution in [0.25, 0.3) is 0 Å². The minimum absolute atomic E-state index is 0.0105. The summed E-state index contributed by atoms with van der Waals surface area (Å²) in [7, 11) is 0. The Hall–Kier alpha value is -3.32. The van der Waals surface area contributed by atoms with Crippen molar-refractivity contribution in [2.45, 2.75) is 12.0 Å². The lowest BCUT2D eigenvalue weighted by molar-refractivity contribution is -0.384. The molecule has 4 rings (SSSR count). The molecule has 146 valence electrons. The number of nitro benzene ring substituents is 1. The van der Waals surface area contributed by atoms with E-state index < -0.39 is 4.92 Å². The highest BCUT2D eigenvalue weighted by Gasteiger charge is 2.34. The molecule has 1 heterocycles. The van der Waals surface area contributed by atoms with Gasteiger partial charge in [-0.15, -0.1) is 11.8 Å². The van der Waals surface area contributed by atoms with Crippen molar-refractivity contribution in [3.05, 3.63) is 100 Å². The Morgan fingerprint density at radius 1 is 1.00 bits per heavy atom. The molecule has 0 radical (unpaired) electrons. The number of anilines is 1. The monoisotopic (exact) mass is 406 g/mol. The normalized spacial score (nSPS) is 16.1. The molecule has 0 aromatic heterocycles. The molecule has 1 amide bonds. The lowest BCUT2D eigenvalue weighted by Gasteiger charge is -2.24. The van der Waals surface area contributed by atoms with Gasteiger partial charge in [0.2, 0.25) is 5.91 Å². The van der Waals surface area contributed by atoms with Crippen molar-refractivity contribution in [1.82, 2.24) is 0 Å². The van der Waals surface area contributed by atoms with Gasteiger partial charge >= 0.3 is 0 Å². The second-order valence-electron chi connectivity index (χ2n) is 6.54. The molecule has 0 saturated carbocycles. The highest BCUT2D eigenvalue weighted by Crippen LogP contribution is 2.42. The van der Waals surface area contributed by atoms with Gasteiger partial charge in [-0.05, 0) is 47.5 Å². The van der Waals surface area contributed by atoms with Gasteiger partial charge in [-0.25, -0.2) is 0 Å². The summed E-state index contributed by atoms with van der Waals surface area (Å²) in [4.78, 5) is 24.7. The maximum atomic E-state index is 12.5. The third kappa shape index (κ3) is 4.25. The number of amides is 1. The number of carbonyl (C=O) groups excluding carboxylic acids is 1. The van der Waals surface area contributed by atoms with Crippen LogP contribution in [0.15, 0.2) is 78.9 Å². The van der Waals surface area contributed by atoms with Crippen LogP contribution in [0, 0.1) is 10.1 Å². The molecule has 29 heavy (non-hydrogen) atoms. The van der Waals surface area contributed by atoms with Crippen LogP contribution in [-0.4, -0.2) is 16.6 Å². The van der Waals surface area contributed by atoms with Gasteiger partial charge in [-0.3, -0.25) is 19.8 Å². The van der Waals surface area contributed by atoms with Crippen LogP contribution in [0.4, 0.5) is 11.4 Å². The second kappa shape index (κ2) is 8.36. The van der Waals surface area contributed by atoms with Gasteiger partial charge in [0.25, 0.3) is 5.69 Å². The van der Waals surface area contributed by atoms with Crippen LogP contribution in [0.2, 0.25) is 0 Å². The Balaban J connectivity index is 1.49. The number of nitro groups is 1. The van der Waals surface area contributed by atoms with Gasteiger partial charge in [0.1, 0.15) is 17.7 Å². The summed E-state index contributed by atoms with van der Waals surface area (Å²) < 4.78 is 5.81. The van der Waals surface area contributed by atoms with Crippen LogP contribution in [0.3, 0.4) is 0 Å². The number of non-ortho nitro benzene ring substituents is 1. The first-order chi connectivity index (χ1) is 14.1. The zero-order chi connectivity index (χ0) is 20.2. The highest BCUT2D eigenvalue weighted by molar-refractivity contribution is 8.00. The predicted octanol–water partition coefficient (Wildman–Crippen LogP) is 4.95. The molecular weight excluding hydrogens is 388 g/mol. The van der Waals surface area contributed by atoms with E-state index in [1.807, 2.05) is 54.6 Å². The third-order valence-corrected chi connectivity index (χ3v) is 5.83. The molecule has 1 atom stereocenters. The van der Waals surface area contributed by atoms with Crippen LogP contribution < -0.4 is 9.64 Å². The van der Waals surface area contributed by atoms with Crippen molar-refractivity contribution >= 4 is 29.0 Å². The van der Waals surface area contributed by atoms with E-state index in [4.69, 9.17) is 4.74 Å². The number of hydrogen-bond donors (Lipinski definition) is 0. The standard InChI is InChI=1S/C22H18N2O4S/c25-21-15-29-22(17-6-8-19(9-7-17)24(26)27)23(21)18-10-12-20(13-11-18)28-14-16-4-2-1-3-5-16/h1-13,22H,14-15H2/t22-/m0/s1. The lowest BCUT2D eigenvalue weighted by Crippen LogP contribution is -2.27. The number of nitrogens with zero attached hydrogens (tertiary/aromatic N) is 2. The van der Waals surface area contributed by atoms with Crippen molar-refractivity contribution in [1.29, 1.82) is 0 Å². The van der Waals surface area contributed by atoms with E-state index in [2.05, 4.69) is 0 Å². The van der Waals surface area contributed by atoms with Crippen molar-refractivity contribution in [2.24, 2.45) is 0 Å². The van der Waals surface area contributed by atoms with Crippen molar-refractivity contribution in [3.63, 3.8) is 0 Å². The van der Waals surface area contributed by atoms with Gasteiger partial charge < -0.3 is 4.74 Å². The largest absolute Gasteiger partial charge is 0.489 e. The van der Waals surface area contributed by atoms with E-state index >= 15 is 0 Å². The molecule has 1 fully saturated rings. The number of thioether (sulfide) groups is 1. The summed E-state index contributed by atoms with van der Waals surface area (Å²) in [5, 5.41) is 10.7. The number of ether oxygens (including phenoxy) is 1. The number of benzene rings is 3. The average Bonchev–Trinajstić information content (AvgIpc) is 3.15. The number of hydrogen-bond acceptors (Lipinski definition) is 5. The quantitative estimate of drug-likeness (QED) is 0.428. The Labute approximate surface area is 172 Å². The SMILES string of the molecule is O=C1CS[C@@H](c2ccc([N+](=O)[O-])cc2)N1c1ccc(OCc2ccccc2)cc1. The molecule has 0 unspecified atom stereocenters. The van der Waals surface area contributed by atoms with Crippen molar-refractivity contribution in [3.8, 4) is 5.75 Å². The first-order valence-electron chi connectivity index (χ1n) is 9.06. The van der Waals surface area contributed by atoms with E-state index in [1.165, 1.54) is 23.9 Å². The fourth-order valence-electron chi connectivity index (χ4n) is 3.15. The topological polar surface area (TPSA) is 72.7 Å². The van der Waals surface area contributed by atoms with Crippen molar-refractivity contribution in [2.75, 3.05) is 10.7 Å². The van der Waals surface area contributed by atoms with E-state index in [0.29, 0.717) is 12.4 Å². The summed E-state index contributed by atoms with van der Waals surface area (Å²) in [5.41, 5.74) is 2.75. The lowest BCUT2D eigenvalue weighted by atomic mass is 10.1. The molecule has 7 heteroatoms. The van der Waals surface area contributed by atoms with Gasteiger partial charge in [0.15, 0.2) is 0 Å². The molecule has 3 aromatic carbocycles. The first-order valence-corrected chi connectivity index (χ1v) is 10.1. The molecule has 1 aliphatic heterocycles. The molecule has 0 N–H and O–H groups in total. The molecule has 1 saturated heterocycles. The predicted molar refractivity (Wildman–Crippen MR) is 113 cm³/mol. The highest BCUT2D eigenvalue weighted by atomic mass is 32.2. The second-order valence-corrected chi connectivity index (χ2v) is 7.61. The zero-order valence-corrected chi connectivity index (χ0v) is 16.2. The smallest absolute Gasteiger partial charge is 0.269 e. The molecule has 1 aliphatic rings. The van der Waals surface area contributed by atoms with Gasteiger partial charge in [0, 0.05) is 17.8 Å². The average molecular weight is 406 g/mol. The fraction of sp³-hybridized carbons (Fsp3) is 0.136. The number of carbonyl (C=O) groups is 1. The Bertz CT molecular complexity index is 1010. The minimum atomic E-state index is -0.428. The summed E-state index contributed by atoms with van der Waals surface area (Å²) in [6, 6.07) is 23.7. The molecule has 0 aliphatic carbocycles. The fourth-order valence-corrected chi connectivity index (χ4v) is 4.33. The molecule has 0 bridgehead atoms. The Kier molecular flexibility index (Phi) is 5.48. The van der Waals surface area contributed by atoms with Crippen LogP contribution in [0.5, 0.6) is 5.75 Å². The number of rotatable bonds is 6. The third-order valence-electron chi connectivity index (χ3n) is 4.62. The maximum absolute atomic E-state index is 12.5. The zero-order valence-electron chi connectivity index (χ0n) is 15.4. The van der Waals surface area contributed by atoms with Gasteiger partial charge in [-0.2, -0.15) is 0 Å². The molecular formula is C22H18N2O4S. The summed E-state index contributed by atoms with van der Waals surface area (Å²) in [6.45, 7) is 0.476. The summed E-state index contributed by atoms with van der Waals surface area (Å²) >= 11 is 1.51. The van der Waals surface area contributed by atoms with Crippen LogP contribution in [-0.2, 0) is 11.4 Å². The molecule has 6 nitrogen and oxygen atoms in total. The van der Waals surface area contributed by atoms with E-state index in [-0.39, 0.29) is 17.0 Å². The van der Waals surface area contributed by atoms with Crippen LogP contribution >= 0.6 is 11.8 Å². The summed E-state index contributed by atoms with van der Waals surface area (Å²) in [5.74, 6) is 1.11. The van der Waals surface area contributed by atoms with E-state index in [0.717, 1.165) is 22.6 Å². The van der Waals surface area contributed by atoms with Gasteiger partial charge in [0.05, 0.1) is 10.7 Å². The Morgan fingerprint density at radius 2 is 1.69 bits per heavy atom. The minimum Gasteiger partial charge on any atom is -0.489 e. The van der Waals surface area contributed by atoms with Crippen molar-refractivity contribution < 1.29 is 14.5 Å². The van der Waals surface area contributed by atoms with E-state index in [1.54, 1.807) is 17.0 Å². The van der Waals surface area contributed by atoms with E-state index in [9.17, 15) is 14.9 Å². The molecule has 0 spiro atoms. The Morgan fingerprint density at radius 3 is 2.34 bits per heavy atom. The first kappa shape index (κ1) is 19.0. The summed E-state index contributed by atoms with van der Waals surface area (Å²) in [6.07, 6.45) is 0. The van der Waals surface area contributed by atoms with Crippen LogP contribution in [0.1, 0.15) is 16.5 Å². The van der Waals surface area contributed by atoms with Gasteiger partial charge in [-0.1, -0.05) is 30.3 Å². The maximum Gasteiger partial charge on any atom is 0.269 e. The molecule has 3 aromatic rings.